The first kappa shape index (κ1) is 14.3. The topological polar surface area (TPSA) is 62.5 Å². The lowest BCUT2D eigenvalue weighted by Gasteiger charge is -2.22. The summed E-state index contributed by atoms with van der Waals surface area (Å²) in [4.78, 5) is 13.6. The van der Waals surface area contributed by atoms with Gasteiger partial charge in [0.15, 0.2) is 5.84 Å². The van der Waals surface area contributed by atoms with E-state index < -0.39 is 0 Å². The van der Waals surface area contributed by atoms with Gasteiger partial charge in [-0.3, -0.25) is 20.4 Å². The summed E-state index contributed by atoms with van der Waals surface area (Å²) in [6.45, 7) is 0. The third-order valence-corrected chi connectivity index (χ3v) is 3.75. The van der Waals surface area contributed by atoms with Gasteiger partial charge in [-0.1, -0.05) is 42.5 Å². The first-order valence-electron chi connectivity index (χ1n) is 7.71. The molecule has 0 bridgehead atoms. The zero-order valence-corrected chi connectivity index (χ0v) is 12.9. The van der Waals surface area contributed by atoms with Gasteiger partial charge in [-0.15, -0.1) is 0 Å². The molecule has 2 aromatic heterocycles. The Morgan fingerprint density at radius 2 is 1.38 bits per heavy atom. The van der Waals surface area contributed by atoms with Crippen LogP contribution in [0.3, 0.4) is 0 Å². The van der Waals surface area contributed by atoms with Gasteiger partial charge < -0.3 is 0 Å². The molecule has 0 spiro atoms. The van der Waals surface area contributed by atoms with Crippen LogP contribution in [0.5, 0.6) is 0 Å². The number of aromatic nitrogens is 2. The second-order valence-electron chi connectivity index (χ2n) is 5.33. The molecule has 1 aliphatic heterocycles. The zero-order valence-electron chi connectivity index (χ0n) is 12.9. The van der Waals surface area contributed by atoms with Gasteiger partial charge in [-0.25, -0.2) is 0 Å². The van der Waals surface area contributed by atoms with E-state index in [1.165, 1.54) is 0 Å². The van der Waals surface area contributed by atoms with Crippen molar-refractivity contribution in [1.82, 2.24) is 15.4 Å². The molecule has 0 radical (unpaired) electrons. The molecular weight excluding hydrogens is 298 g/mol. The van der Waals surface area contributed by atoms with Crippen LogP contribution in [0.1, 0.15) is 23.0 Å². The molecule has 24 heavy (non-hydrogen) atoms. The molecular formula is C19H15N5. The van der Waals surface area contributed by atoms with Crippen molar-refractivity contribution in [3.05, 3.63) is 96.1 Å². The highest BCUT2D eigenvalue weighted by Crippen LogP contribution is 2.25. The van der Waals surface area contributed by atoms with E-state index in [4.69, 9.17) is 4.99 Å². The van der Waals surface area contributed by atoms with Crippen LogP contribution in [0.2, 0.25) is 0 Å². The largest absolute Gasteiger partial charge is 0.259 e. The Hall–Kier alpha value is -3.34. The smallest absolute Gasteiger partial charge is 0.168 e. The average molecular weight is 313 g/mol. The molecule has 0 saturated carbocycles. The van der Waals surface area contributed by atoms with Crippen molar-refractivity contribution in [2.75, 3.05) is 0 Å². The molecule has 3 aromatic rings. The molecule has 3 heterocycles. The highest BCUT2D eigenvalue weighted by atomic mass is 15.4. The molecule has 1 N–H and O–H groups in total. The lowest BCUT2D eigenvalue weighted by atomic mass is 9.99. The Morgan fingerprint density at radius 1 is 0.708 bits per heavy atom. The minimum atomic E-state index is -0.223. The van der Waals surface area contributed by atoms with E-state index in [1.807, 2.05) is 66.7 Å². The quantitative estimate of drug-likeness (QED) is 0.808. The number of hydrazone groups is 1. The van der Waals surface area contributed by atoms with E-state index in [-0.39, 0.29) is 6.04 Å². The van der Waals surface area contributed by atoms with Gasteiger partial charge in [0, 0.05) is 12.4 Å². The van der Waals surface area contributed by atoms with Crippen LogP contribution in [0, 0.1) is 0 Å². The van der Waals surface area contributed by atoms with Crippen molar-refractivity contribution in [3.8, 4) is 0 Å². The first-order chi connectivity index (χ1) is 11.9. The molecule has 0 aliphatic carbocycles. The second-order valence-corrected chi connectivity index (χ2v) is 5.33. The van der Waals surface area contributed by atoms with E-state index >= 15 is 0 Å². The summed E-state index contributed by atoms with van der Waals surface area (Å²) in [5.74, 6) is 0.657. The first-order valence-corrected chi connectivity index (χ1v) is 7.71. The summed E-state index contributed by atoms with van der Waals surface area (Å²) in [5, 5.41) is 4.55. The summed E-state index contributed by atoms with van der Waals surface area (Å²) in [6.07, 6.45) is 3.51. The summed E-state index contributed by atoms with van der Waals surface area (Å²) in [6, 6.07) is 21.4. The van der Waals surface area contributed by atoms with Gasteiger partial charge in [0.2, 0.25) is 0 Å². The molecule has 4 rings (SSSR count). The van der Waals surface area contributed by atoms with E-state index in [0.717, 1.165) is 22.7 Å². The predicted octanol–water partition coefficient (Wildman–Crippen LogP) is 2.97. The highest BCUT2D eigenvalue weighted by molar-refractivity contribution is 6.09. The van der Waals surface area contributed by atoms with Crippen molar-refractivity contribution in [2.24, 2.45) is 10.1 Å². The Kier molecular flexibility index (Phi) is 3.81. The van der Waals surface area contributed by atoms with Crippen molar-refractivity contribution in [1.29, 1.82) is 0 Å². The number of nitrogens with one attached hydrogen (secondary N) is 1. The summed E-state index contributed by atoms with van der Waals surface area (Å²) in [5.41, 5.74) is 6.45. The molecule has 1 unspecified atom stereocenters. The number of hydrogen-bond acceptors (Lipinski definition) is 5. The fourth-order valence-corrected chi connectivity index (χ4v) is 2.60. The molecule has 116 valence electrons. The lowest BCUT2D eigenvalue weighted by Crippen LogP contribution is -2.31. The zero-order chi connectivity index (χ0) is 16.2. The third kappa shape index (κ3) is 2.79. The highest BCUT2D eigenvalue weighted by Gasteiger charge is 2.25. The maximum absolute atomic E-state index is 4.85. The molecule has 1 aromatic carbocycles. The van der Waals surface area contributed by atoms with E-state index in [9.17, 15) is 0 Å². The van der Waals surface area contributed by atoms with Crippen LogP contribution >= 0.6 is 0 Å². The number of nitrogens with zero attached hydrogens (tertiary/aromatic N) is 4. The minimum Gasteiger partial charge on any atom is -0.259 e. The Labute approximate surface area is 139 Å². The number of aliphatic imine (C=N–C) groups is 1. The summed E-state index contributed by atoms with van der Waals surface area (Å²) < 4.78 is 0. The Bertz CT molecular complexity index is 873. The molecule has 1 aliphatic rings. The number of pyridine rings is 2. The van der Waals surface area contributed by atoms with Crippen LogP contribution in [0.15, 0.2) is 89.2 Å². The molecule has 1 atom stereocenters. The standard InChI is InChI=1S/C19H15N5/c1-2-8-14(9-3-1)17-18(15-10-4-6-12-20-15)23-24-19(22-17)16-11-5-7-13-21-16/h1-13,17H,(H,22,24). The van der Waals surface area contributed by atoms with Crippen LogP contribution in [0.25, 0.3) is 0 Å². The van der Waals surface area contributed by atoms with Crippen molar-refractivity contribution in [2.45, 2.75) is 6.04 Å². The van der Waals surface area contributed by atoms with Gasteiger partial charge in [0.1, 0.15) is 17.4 Å². The molecule has 0 saturated heterocycles. The van der Waals surface area contributed by atoms with Gasteiger partial charge in [0.05, 0.1) is 5.69 Å². The SMILES string of the molecule is c1ccc(C2N=C(c3ccccn3)NN=C2c2ccccn2)cc1. The number of rotatable bonds is 3. The maximum Gasteiger partial charge on any atom is 0.168 e. The summed E-state index contributed by atoms with van der Waals surface area (Å²) >= 11 is 0. The number of benzene rings is 1. The van der Waals surface area contributed by atoms with E-state index in [2.05, 4.69) is 20.5 Å². The van der Waals surface area contributed by atoms with Crippen molar-refractivity contribution >= 4 is 11.5 Å². The van der Waals surface area contributed by atoms with Crippen LogP contribution < -0.4 is 5.43 Å². The second kappa shape index (κ2) is 6.42. The van der Waals surface area contributed by atoms with Gasteiger partial charge >= 0.3 is 0 Å². The van der Waals surface area contributed by atoms with Crippen LogP contribution in [-0.2, 0) is 0 Å². The fourth-order valence-electron chi connectivity index (χ4n) is 2.60. The third-order valence-electron chi connectivity index (χ3n) is 3.75. The van der Waals surface area contributed by atoms with Crippen LogP contribution in [0.4, 0.5) is 0 Å². The van der Waals surface area contributed by atoms with E-state index in [1.54, 1.807) is 12.4 Å². The van der Waals surface area contributed by atoms with Gasteiger partial charge in [0.25, 0.3) is 0 Å². The summed E-state index contributed by atoms with van der Waals surface area (Å²) in [7, 11) is 0. The Morgan fingerprint density at radius 3 is 2.04 bits per heavy atom. The van der Waals surface area contributed by atoms with Crippen LogP contribution in [-0.4, -0.2) is 21.5 Å². The lowest BCUT2D eigenvalue weighted by molar-refractivity contribution is 0.852. The normalized spacial score (nSPS) is 16.8. The van der Waals surface area contributed by atoms with E-state index in [0.29, 0.717) is 5.84 Å². The maximum atomic E-state index is 4.85. The van der Waals surface area contributed by atoms with Gasteiger partial charge in [-0.05, 0) is 29.8 Å². The van der Waals surface area contributed by atoms with Gasteiger partial charge in [-0.2, -0.15) is 5.10 Å². The predicted molar refractivity (Wildman–Crippen MR) is 93.9 cm³/mol. The minimum absolute atomic E-state index is 0.223. The molecule has 0 amide bonds. The molecule has 0 fully saturated rings. The average Bonchev–Trinajstić information content (AvgIpc) is 2.69. The Balaban J connectivity index is 1.78. The van der Waals surface area contributed by atoms with Crippen molar-refractivity contribution in [3.63, 3.8) is 0 Å². The fraction of sp³-hybridized carbons (Fsp3) is 0.0526. The number of hydrogen-bond donors (Lipinski definition) is 1. The molecule has 5 nitrogen and oxygen atoms in total. The number of amidine groups is 1. The van der Waals surface area contributed by atoms with Crippen molar-refractivity contribution < 1.29 is 0 Å². The monoisotopic (exact) mass is 313 g/mol. The molecule has 5 heteroatoms.